The van der Waals surface area contributed by atoms with Crippen LogP contribution in [0.1, 0.15) is 25.8 Å². The van der Waals surface area contributed by atoms with Crippen LogP contribution < -0.4 is 10.1 Å². The molecule has 96 valence electrons. The molecule has 1 unspecified atom stereocenters. The van der Waals surface area contributed by atoms with E-state index in [4.69, 9.17) is 4.74 Å². The normalized spacial score (nSPS) is 12.5. The van der Waals surface area contributed by atoms with Crippen LogP contribution in [0.3, 0.4) is 0 Å². The third kappa shape index (κ3) is 4.60. The third-order valence-corrected chi connectivity index (χ3v) is 3.83. The van der Waals surface area contributed by atoms with Gasteiger partial charge in [0.05, 0.1) is 15.6 Å². The fraction of sp³-hybridized carbons (Fsp3) is 0.538. The van der Waals surface area contributed by atoms with Crippen LogP contribution in [0.5, 0.6) is 5.75 Å². The Labute approximate surface area is 120 Å². The van der Waals surface area contributed by atoms with Gasteiger partial charge in [0.25, 0.3) is 0 Å². The average Bonchev–Trinajstić information content (AvgIpc) is 2.28. The van der Waals surface area contributed by atoms with E-state index >= 15 is 0 Å². The molecule has 0 heterocycles. The summed E-state index contributed by atoms with van der Waals surface area (Å²) in [5.74, 6) is 1.47. The molecule has 0 saturated carbocycles. The Kier molecular flexibility index (Phi) is 6.52. The van der Waals surface area contributed by atoms with Crippen molar-refractivity contribution in [1.29, 1.82) is 0 Å². The summed E-state index contributed by atoms with van der Waals surface area (Å²) >= 11 is 7.11. The van der Waals surface area contributed by atoms with Crippen LogP contribution in [0, 0.1) is 5.92 Å². The van der Waals surface area contributed by atoms with Gasteiger partial charge in [-0.3, -0.25) is 0 Å². The van der Waals surface area contributed by atoms with Gasteiger partial charge in [-0.05, 0) is 62.5 Å². The summed E-state index contributed by atoms with van der Waals surface area (Å²) in [5.41, 5.74) is 1.22. The first-order valence-corrected chi connectivity index (χ1v) is 7.42. The molecule has 0 aromatic heterocycles. The van der Waals surface area contributed by atoms with Crippen molar-refractivity contribution in [3.8, 4) is 5.75 Å². The highest BCUT2D eigenvalue weighted by atomic mass is 79.9. The Morgan fingerprint density at radius 1 is 1.29 bits per heavy atom. The zero-order valence-electron chi connectivity index (χ0n) is 10.5. The monoisotopic (exact) mass is 363 g/mol. The Hall–Kier alpha value is -0.0600. The molecule has 4 heteroatoms. The molecule has 17 heavy (non-hydrogen) atoms. The zero-order chi connectivity index (χ0) is 12.8. The van der Waals surface area contributed by atoms with Gasteiger partial charge in [-0.1, -0.05) is 20.3 Å². The van der Waals surface area contributed by atoms with Crippen molar-refractivity contribution in [1.82, 2.24) is 5.32 Å². The number of benzene rings is 1. The van der Waals surface area contributed by atoms with E-state index in [1.165, 1.54) is 5.56 Å². The molecule has 0 bridgehead atoms. The second-order valence-electron chi connectivity index (χ2n) is 4.24. The van der Waals surface area contributed by atoms with Crippen molar-refractivity contribution in [2.75, 3.05) is 13.7 Å². The number of halogens is 2. The summed E-state index contributed by atoms with van der Waals surface area (Å²) in [6, 6.07) is 4.18. The topological polar surface area (TPSA) is 21.3 Å². The molecule has 0 aliphatic heterocycles. The van der Waals surface area contributed by atoms with Crippen LogP contribution in [0.15, 0.2) is 21.1 Å². The second kappa shape index (κ2) is 7.39. The Bertz CT molecular complexity index is 345. The van der Waals surface area contributed by atoms with E-state index in [9.17, 15) is 0 Å². The van der Waals surface area contributed by atoms with E-state index in [0.29, 0.717) is 5.92 Å². The number of ether oxygens (including phenoxy) is 1. The van der Waals surface area contributed by atoms with Gasteiger partial charge >= 0.3 is 0 Å². The number of rotatable bonds is 6. The molecule has 0 aliphatic carbocycles. The summed E-state index contributed by atoms with van der Waals surface area (Å²) in [5, 5.41) is 3.13. The second-order valence-corrected chi connectivity index (χ2v) is 5.95. The van der Waals surface area contributed by atoms with Crippen molar-refractivity contribution in [3.05, 3.63) is 26.6 Å². The van der Waals surface area contributed by atoms with E-state index in [0.717, 1.165) is 34.3 Å². The molecule has 0 fully saturated rings. The maximum atomic E-state index is 5.84. The molecule has 1 aromatic rings. The minimum atomic E-state index is 0.575. The van der Waals surface area contributed by atoms with Crippen LogP contribution in [-0.4, -0.2) is 13.7 Å². The summed E-state index contributed by atoms with van der Waals surface area (Å²) in [6.07, 6.45) is 1.13. The molecule has 0 radical (unpaired) electrons. The Morgan fingerprint density at radius 2 is 1.88 bits per heavy atom. The average molecular weight is 365 g/mol. The standard InChI is InChI=1S/C13H19Br2NO/c1-4-9(2)8-17-13-11(14)5-10(7-16-3)6-12(13)15/h5-6,9,16H,4,7-8H2,1-3H3. The molecular formula is C13H19Br2NO. The fourth-order valence-electron chi connectivity index (χ4n) is 1.40. The highest BCUT2D eigenvalue weighted by molar-refractivity contribution is 9.11. The van der Waals surface area contributed by atoms with Gasteiger partial charge in [0.2, 0.25) is 0 Å². The van der Waals surface area contributed by atoms with Crippen molar-refractivity contribution in [2.45, 2.75) is 26.8 Å². The predicted octanol–water partition coefficient (Wildman–Crippen LogP) is 4.36. The summed E-state index contributed by atoms with van der Waals surface area (Å²) in [6.45, 7) is 5.97. The van der Waals surface area contributed by atoms with E-state index < -0.39 is 0 Å². The van der Waals surface area contributed by atoms with E-state index in [2.05, 4.69) is 63.2 Å². The lowest BCUT2D eigenvalue weighted by Gasteiger charge is -2.15. The Morgan fingerprint density at radius 3 is 2.35 bits per heavy atom. The van der Waals surface area contributed by atoms with Gasteiger partial charge in [0, 0.05) is 6.54 Å². The molecule has 1 aromatic carbocycles. The minimum absolute atomic E-state index is 0.575. The van der Waals surface area contributed by atoms with E-state index in [1.807, 2.05) is 7.05 Å². The molecule has 0 aliphatic rings. The fourth-order valence-corrected chi connectivity index (χ4v) is 2.91. The lowest BCUT2D eigenvalue weighted by Crippen LogP contribution is -2.09. The number of hydrogen-bond donors (Lipinski definition) is 1. The van der Waals surface area contributed by atoms with Gasteiger partial charge in [0.15, 0.2) is 0 Å². The molecule has 1 rings (SSSR count). The van der Waals surface area contributed by atoms with Crippen molar-refractivity contribution >= 4 is 31.9 Å². The van der Waals surface area contributed by atoms with Gasteiger partial charge in [-0.15, -0.1) is 0 Å². The van der Waals surface area contributed by atoms with E-state index in [1.54, 1.807) is 0 Å². The summed E-state index contributed by atoms with van der Waals surface area (Å²) < 4.78 is 7.84. The highest BCUT2D eigenvalue weighted by Gasteiger charge is 2.10. The Balaban J connectivity index is 2.78. The van der Waals surface area contributed by atoms with Crippen LogP contribution in [0.2, 0.25) is 0 Å². The molecular weight excluding hydrogens is 346 g/mol. The van der Waals surface area contributed by atoms with Crippen LogP contribution in [0.25, 0.3) is 0 Å². The quantitative estimate of drug-likeness (QED) is 0.809. The molecule has 0 amide bonds. The summed E-state index contributed by atoms with van der Waals surface area (Å²) in [4.78, 5) is 0. The predicted molar refractivity (Wildman–Crippen MR) is 79.6 cm³/mol. The third-order valence-electron chi connectivity index (χ3n) is 2.65. The lowest BCUT2D eigenvalue weighted by atomic mass is 10.1. The molecule has 0 saturated heterocycles. The van der Waals surface area contributed by atoms with Crippen LogP contribution >= 0.6 is 31.9 Å². The minimum Gasteiger partial charge on any atom is -0.491 e. The van der Waals surface area contributed by atoms with Gasteiger partial charge < -0.3 is 10.1 Å². The highest BCUT2D eigenvalue weighted by Crippen LogP contribution is 2.35. The SMILES string of the molecule is CCC(C)COc1c(Br)cc(CNC)cc1Br. The number of hydrogen-bond acceptors (Lipinski definition) is 2. The molecule has 2 nitrogen and oxygen atoms in total. The molecule has 1 atom stereocenters. The molecule has 0 spiro atoms. The largest absolute Gasteiger partial charge is 0.491 e. The van der Waals surface area contributed by atoms with Gasteiger partial charge in [-0.25, -0.2) is 0 Å². The van der Waals surface area contributed by atoms with Gasteiger partial charge in [0.1, 0.15) is 5.75 Å². The van der Waals surface area contributed by atoms with Gasteiger partial charge in [-0.2, -0.15) is 0 Å². The first kappa shape index (κ1) is 15.0. The van der Waals surface area contributed by atoms with Crippen LogP contribution in [-0.2, 0) is 6.54 Å². The van der Waals surface area contributed by atoms with E-state index in [-0.39, 0.29) is 0 Å². The summed E-state index contributed by atoms with van der Waals surface area (Å²) in [7, 11) is 1.94. The maximum Gasteiger partial charge on any atom is 0.147 e. The lowest BCUT2D eigenvalue weighted by molar-refractivity contribution is 0.253. The molecule has 1 N–H and O–H groups in total. The van der Waals surface area contributed by atoms with Crippen molar-refractivity contribution in [2.24, 2.45) is 5.92 Å². The first-order chi connectivity index (χ1) is 8.08. The van der Waals surface area contributed by atoms with Crippen molar-refractivity contribution in [3.63, 3.8) is 0 Å². The maximum absolute atomic E-state index is 5.84. The van der Waals surface area contributed by atoms with Crippen LogP contribution in [0.4, 0.5) is 0 Å². The number of nitrogens with one attached hydrogen (secondary N) is 1. The smallest absolute Gasteiger partial charge is 0.147 e. The zero-order valence-corrected chi connectivity index (χ0v) is 13.7. The van der Waals surface area contributed by atoms with Crippen molar-refractivity contribution < 1.29 is 4.74 Å². The first-order valence-electron chi connectivity index (χ1n) is 5.83.